The lowest BCUT2D eigenvalue weighted by molar-refractivity contribution is 0.0419. The first-order chi connectivity index (χ1) is 9.68. The summed E-state index contributed by atoms with van der Waals surface area (Å²) in [5.41, 5.74) is 1.29. The van der Waals surface area contributed by atoms with E-state index in [9.17, 15) is 14.0 Å². The molecule has 0 N–H and O–H groups in total. The highest BCUT2D eigenvalue weighted by Gasteiger charge is 2.39. The van der Waals surface area contributed by atoms with Crippen molar-refractivity contribution in [2.24, 2.45) is 0 Å². The number of benzene rings is 2. The third-order valence-corrected chi connectivity index (χ3v) is 3.35. The predicted molar refractivity (Wildman–Crippen MR) is 72.0 cm³/mol. The van der Waals surface area contributed by atoms with Gasteiger partial charge in [0.2, 0.25) is 0 Å². The van der Waals surface area contributed by atoms with E-state index in [2.05, 4.69) is 0 Å². The van der Waals surface area contributed by atoms with E-state index in [1.165, 1.54) is 0 Å². The van der Waals surface area contributed by atoms with E-state index in [0.717, 1.165) is 5.56 Å². The standard InChI is InChI=1S/C16H12FNO2/c17-14(10-11-6-2-1-3-7-11)18-15(19)12-8-4-5-9-13(12)16(18)20/h1-9,14H,10H2/i17-1. The molecule has 1 aliphatic heterocycles. The van der Waals surface area contributed by atoms with Gasteiger partial charge >= 0.3 is 0 Å². The first-order valence-electron chi connectivity index (χ1n) is 6.33. The lowest BCUT2D eigenvalue weighted by Crippen LogP contribution is -2.38. The van der Waals surface area contributed by atoms with Crippen LogP contribution in [0.1, 0.15) is 26.3 Å². The van der Waals surface area contributed by atoms with Crippen LogP contribution >= 0.6 is 0 Å². The summed E-state index contributed by atoms with van der Waals surface area (Å²) in [6.45, 7) is 0. The van der Waals surface area contributed by atoms with Gasteiger partial charge in [0, 0.05) is 6.42 Å². The summed E-state index contributed by atoms with van der Waals surface area (Å²) in [6.07, 6.45) is -1.64. The Kier molecular flexibility index (Phi) is 3.06. The molecule has 2 aromatic carbocycles. The lowest BCUT2D eigenvalue weighted by Gasteiger charge is -2.19. The third-order valence-electron chi connectivity index (χ3n) is 3.35. The number of hydrogen-bond acceptors (Lipinski definition) is 2. The summed E-state index contributed by atoms with van der Waals surface area (Å²) in [7, 11) is 0. The van der Waals surface area contributed by atoms with Crippen molar-refractivity contribution in [3.05, 3.63) is 71.3 Å². The lowest BCUT2D eigenvalue weighted by atomic mass is 10.1. The number of rotatable bonds is 3. The van der Waals surface area contributed by atoms with Crippen LogP contribution in [-0.2, 0) is 6.42 Å². The maximum atomic E-state index is 14.3. The van der Waals surface area contributed by atoms with E-state index in [1.54, 1.807) is 48.5 Å². The Labute approximate surface area is 115 Å². The van der Waals surface area contributed by atoms with Gasteiger partial charge in [-0.25, -0.2) is 9.29 Å². The molecular formula is C16H12FNO2. The van der Waals surface area contributed by atoms with Gasteiger partial charge in [0.15, 0.2) is 6.30 Å². The minimum absolute atomic E-state index is 0.00626. The van der Waals surface area contributed by atoms with Crippen LogP contribution in [0.5, 0.6) is 0 Å². The van der Waals surface area contributed by atoms with Crippen LogP contribution in [0, 0.1) is 0 Å². The van der Waals surface area contributed by atoms with Crippen molar-refractivity contribution < 1.29 is 14.0 Å². The van der Waals surface area contributed by atoms with Crippen LogP contribution in [-0.4, -0.2) is 23.0 Å². The van der Waals surface area contributed by atoms with Gasteiger partial charge in [0.1, 0.15) is 0 Å². The van der Waals surface area contributed by atoms with E-state index < -0.39 is 18.1 Å². The molecule has 0 saturated carbocycles. The van der Waals surface area contributed by atoms with E-state index in [0.29, 0.717) is 4.90 Å². The number of alkyl halides is 1. The summed E-state index contributed by atoms with van der Waals surface area (Å²) in [4.78, 5) is 24.9. The molecule has 4 heteroatoms. The Bertz CT molecular complexity index is 634. The van der Waals surface area contributed by atoms with Crippen molar-refractivity contribution >= 4 is 11.8 Å². The van der Waals surface area contributed by atoms with Gasteiger partial charge in [-0.2, -0.15) is 0 Å². The molecule has 2 aromatic rings. The molecular weight excluding hydrogens is 256 g/mol. The molecule has 1 atom stereocenters. The maximum Gasteiger partial charge on any atom is 0.263 e. The second-order valence-corrected chi connectivity index (χ2v) is 4.65. The number of carbonyl (C=O) groups excluding carboxylic acids is 2. The highest BCUT2D eigenvalue weighted by atomic mass is 18.2. The maximum absolute atomic E-state index is 14.3. The Balaban J connectivity index is 1.85. The second-order valence-electron chi connectivity index (χ2n) is 4.65. The monoisotopic (exact) mass is 268 g/mol. The number of imide groups is 1. The second kappa shape index (κ2) is 4.89. The van der Waals surface area contributed by atoms with Crippen LogP contribution in [0.15, 0.2) is 54.6 Å². The molecule has 0 fully saturated rings. The quantitative estimate of drug-likeness (QED) is 0.634. The molecule has 1 heterocycles. The van der Waals surface area contributed by atoms with E-state index in [1.807, 2.05) is 6.07 Å². The average Bonchev–Trinajstić information content (AvgIpc) is 2.72. The zero-order valence-corrected chi connectivity index (χ0v) is 10.6. The fraction of sp³-hybridized carbons (Fsp3) is 0.125. The Hall–Kier alpha value is -2.49. The summed E-state index contributed by atoms with van der Waals surface area (Å²) in [6, 6.07) is 15.4. The van der Waals surface area contributed by atoms with Gasteiger partial charge in [-0.3, -0.25) is 9.59 Å². The van der Waals surface area contributed by atoms with Crippen molar-refractivity contribution in [2.75, 3.05) is 0 Å². The molecule has 3 nitrogen and oxygen atoms in total. The Morgan fingerprint density at radius 2 is 1.35 bits per heavy atom. The van der Waals surface area contributed by atoms with Gasteiger partial charge in [-0.05, 0) is 17.7 Å². The molecule has 0 bridgehead atoms. The molecule has 20 heavy (non-hydrogen) atoms. The molecule has 3 rings (SSSR count). The zero-order chi connectivity index (χ0) is 14.1. The van der Waals surface area contributed by atoms with Crippen LogP contribution in [0.25, 0.3) is 0 Å². The average molecular weight is 268 g/mol. The van der Waals surface area contributed by atoms with Crippen molar-refractivity contribution in [2.45, 2.75) is 12.7 Å². The largest absolute Gasteiger partial charge is 0.268 e. The SMILES string of the molecule is O=C1c2ccccc2C(=O)N1C([18F])Cc1ccccc1. The molecule has 0 aromatic heterocycles. The number of nitrogens with zero attached hydrogens (tertiary/aromatic N) is 1. The number of hydrogen-bond donors (Lipinski definition) is 0. The third kappa shape index (κ3) is 1.99. The predicted octanol–water partition coefficient (Wildman–Crippen LogP) is 2.82. The van der Waals surface area contributed by atoms with Crippen LogP contribution in [0.4, 0.5) is 4.39 Å². The highest BCUT2D eigenvalue weighted by molar-refractivity contribution is 6.21. The first kappa shape index (κ1) is 12.5. The summed E-state index contributed by atoms with van der Waals surface area (Å²) in [5.74, 6) is -1.12. The van der Waals surface area contributed by atoms with Crippen molar-refractivity contribution in [1.82, 2.24) is 4.90 Å². The molecule has 0 aliphatic carbocycles. The van der Waals surface area contributed by atoms with Gasteiger partial charge in [-0.15, -0.1) is 0 Å². The van der Waals surface area contributed by atoms with Crippen molar-refractivity contribution in [3.63, 3.8) is 0 Å². The topological polar surface area (TPSA) is 37.4 Å². The molecule has 0 radical (unpaired) electrons. The van der Waals surface area contributed by atoms with Crippen LogP contribution in [0.3, 0.4) is 0 Å². The molecule has 1 aliphatic rings. The minimum atomic E-state index is -1.65. The van der Waals surface area contributed by atoms with Crippen molar-refractivity contribution in [1.29, 1.82) is 0 Å². The van der Waals surface area contributed by atoms with Gasteiger partial charge in [-0.1, -0.05) is 42.5 Å². The number of halogens is 1. The Morgan fingerprint density at radius 1 is 0.850 bits per heavy atom. The van der Waals surface area contributed by atoms with Crippen LogP contribution in [0.2, 0.25) is 0 Å². The molecule has 2 amide bonds. The van der Waals surface area contributed by atoms with E-state index >= 15 is 0 Å². The Morgan fingerprint density at radius 3 is 1.90 bits per heavy atom. The normalized spacial score (nSPS) is 15.3. The number of fused-ring (bicyclic) bond motifs is 1. The number of amides is 2. The molecule has 0 spiro atoms. The molecule has 1 unspecified atom stereocenters. The van der Waals surface area contributed by atoms with E-state index in [4.69, 9.17) is 0 Å². The van der Waals surface area contributed by atoms with Gasteiger partial charge < -0.3 is 0 Å². The molecule has 100 valence electrons. The van der Waals surface area contributed by atoms with Crippen LogP contribution < -0.4 is 0 Å². The molecule has 0 saturated heterocycles. The zero-order valence-electron chi connectivity index (χ0n) is 10.6. The van der Waals surface area contributed by atoms with Crippen molar-refractivity contribution in [3.8, 4) is 0 Å². The first-order valence-corrected chi connectivity index (χ1v) is 6.33. The minimum Gasteiger partial charge on any atom is -0.268 e. The number of carbonyl (C=O) groups is 2. The fourth-order valence-electron chi connectivity index (χ4n) is 2.36. The summed E-state index contributed by atoms with van der Waals surface area (Å²) in [5, 5.41) is 0. The van der Waals surface area contributed by atoms with Gasteiger partial charge in [0.05, 0.1) is 11.1 Å². The summed E-state index contributed by atoms with van der Waals surface area (Å²) >= 11 is 0. The fourth-order valence-corrected chi connectivity index (χ4v) is 2.36. The smallest absolute Gasteiger partial charge is 0.263 e. The summed E-state index contributed by atoms with van der Waals surface area (Å²) < 4.78 is 14.3. The van der Waals surface area contributed by atoms with E-state index in [-0.39, 0.29) is 17.5 Å². The highest BCUT2D eigenvalue weighted by Crippen LogP contribution is 2.26. The van der Waals surface area contributed by atoms with Gasteiger partial charge in [0.25, 0.3) is 11.8 Å².